The van der Waals surface area contributed by atoms with Crippen molar-refractivity contribution in [3.63, 3.8) is 0 Å². The first kappa shape index (κ1) is 16.5. The number of hydrogen-bond donors (Lipinski definition) is 1. The first-order valence-corrected chi connectivity index (χ1v) is 6.97. The molecule has 1 atom stereocenters. The Bertz CT molecular complexity index is 598. The zero-order valence-electron chi connectivity index (χ0n) is 11.8. The maximum Gasteiger partial charge on any atom is 0.417 e. The molecule has 1 saturated heterocycles. The Balaban J connectivity index is 2.13. The number of halogens is 3. The number of piperidine rings is 1. The van der Waals surface area contributed by atoms with Crippen molar-refractivity contribution in [2.45, 2.75) is 25.6 Å². The Morgan fingerprint density at radius 3 is 2.73 bits per heavy atom. The Morgan fingerprint density at radius 2 is 2.09 bits per heavy atom. The number of amides is 1. The third-order valence-corrected chi connectivity index (χ3v) is 3.75. The molecule has 0 aliphatic carbocycles. The Hall–Kier alpha value is -1.83. The van der Waals surface area contributed by atoms with Crippen LogP contribution in [0, 0.1) is 5.92 Å². The van der Waals surface area contributed by atoms with Crippen molar-refractivity contribution >= 4 is 5.91 Å². The summed E-state index contributed by atoms with van der Waals surface area (Å²) in [5.74, 6) is -0.435. The second kappa shape index (κ2) is 6.51. The maximum absolute atomic E-state index is 12.7. The number of alkyl halides is 3. The smallest absolute Gasteiger partial charge is 0.396 e. The van der Waals surface area contributed by atoms with Crippen molar-refractivity contribution in [1.29, 1.82) is 0 Å². The van der Waals surface area contributed by atoms with Crippen LogP contribution in [0.4, 0.5) is 13.2 Å². The molecular formula is C14H17F3N2O3. The number of likely N-dealkylation sites (tertiary alicyclic amines) is 1. The maximum atomic E-state index is 12.7. The van der Waals surface area contributed by atoms with Crippen LogP contribution in [0.1, 0.15) is 18.4 Å². The topological polar surface area (TPSA) is 62.5 Å². The van der Waals surface area contributed by atoms with Crippen LogP contribution >= 0.6 is 0 Å². The van der Waals surface area contributed by atoms with Crippen LogP contribution in [0.15, 0.2) is 23.1 Å². The van der Waals surface area contributed by atoms with Crippen molar-refractivity contribution in [3.8, 4) is 0 Å². The van der Waals surface area contributed by atoms with E-state index in [0.29, 0.717) is 25.4 Å². The lowest BCUT2D eigenvalue weighted by Crippen LogP contribution is -2.43. The van der Waals surface area contributed by atoms with Crippen LogP contribution in [0.3, 0.4) is 0 Å². The van der Waals surface area contributed by atoms with E-state index in [0.717, 1.165) is 23.5 Å². The molecule has 0 bridgehead atoms. The molecule has 1 unspecified atom stereocenters. The van der Waals surface area contributed by atoms with Gasteiger partial charge in [-0.2, -0.15) is 13.2 Å². The summed E-state index contributed by atoms with van der Waals surface area (Å²) in [6.45, 7) is 0.389. The number of aliphatic hydroxyl groups excluding tert-OH is 1. The fraction of sp³-hybridized carbons (Fsp3) is 0.571. The molecule has 1 aliphatic rings. The van der Waals surface area contributed by atoms with E-state index in [1.807, 2.05) is 0 Å². The molecule has 1 aromatic heterocycles. The molecule has 5 nitrogen and oxygen atoms in total. The Kier molecular flexibility index (Phi) is 4.90. The monoisotopic (exact) mass is 318 g/mol. The number of hydrogen-bond acceptors (Lipinski definition) is 3. The Labute approximate surface area is 125 Å². The van der Waals surface area contributed by atoms with Gasteiger partial charge in [0, 0.05) is 32.0 Å². The van der Waals surface area contributed by atoms with Crippen molar-refractivity contribution in [2.24, 2.45) is 5.92 Å². The van der Waals surface area contributed by atoms with E-state index in [1.54, 1.807) is 0 Å². The van der Waals surface area contributed by atoms with Crippen molar-refractivity contribution in [1.82, 2.24) is 9.47 Å². The van der Waals surface area contributed by atoms with Gasteiger partial charge in [-0.15, -0.1) is 0 Å². The van der Waals surface area contributed by atoms with Gasteiger partial charge >= 0.3 is 6.18 Å². The Morgan fingerprint density at radius 1 is 1.36 bits per heavy atom. The van der Waals surface area contributed by atoms with Gasteiger partial charge < -0.3 is 14.6 Å². The molecule has 0 saturated carbocycles. The number of nitrogens with zero attached hydrogens (tertiary/aromatic N) is 2. The van der Waals surface area contributed by atoms with Crippen molar-refractivity contribution < 1.29 is 23.1 Å². The van der Waals surface area contributed by atoms with Crippen LogP contribution < -0.4 is 5.56 Å². The molecular weight excluding hydrogens is 301 g/mol. The molecule has 0 aromatic carbocycles. The average molecular weight is 318 g/mol. The highest BCUT2D eigenvalue weighted by atomic mass is 19.4. The third-order valence-electron chi connectivity index (χ3n) is 3.75. The van der Waals surface area contributed by atoms with Gasteiger partial charge in [0.05, 0.1) is 5.56 Å². The summed E-state index contributed by atoms with van der Waals surface area (Å²) >= 11 is 0. The number of carbonyl (C=O) groups is 1. The molecule has 8 heteroatoms. The van der Waals surface area contributed by atoms with E-state index in [2.05, 4.69) is 0 Å². The minimum absolute atomic E-state index is 0.0177. The molecule has 0 spiro atoms. The van der Waals surface area contributed by atoms with E-state index in [1.165, 1.54) is 4.90 Å². The van der Waals surface area contributed by atoms with Crippen LogP contribution in [0.25, 0.3) is 0 Å². The molecule has 2 heterocycles. The predicted molar refractivity (Wildman–Crippen MR) is 72.1 cm³/mol. The van der Waals surface area contributed by atoms with Gasteiger partial charge in [0.25, 0.3) is 5.56 Å². The highest BCUT2D eigenvalue weighted by Gasteiger charge is 2.31. The van der Waals surface area contributed by atoms with E-state index in [9.17, 15) is 22.8 Å². The fourth-order valence-electron chi connectivity index (χ4n) is 2.51. The normalized spacial score (nSPS) is 19.3. The molecule has 1 fully saturated rings. The summed E-state index contributed by atoms with van der Waals surface area (Å²) in [6.07, 6.45) is -2.36. The van der Waals surface area contributed by atoms with Crippen LogP contribution in [-0.4, -0.2) is 40.2 Å². The van der Waals surface area contributed by atoms with Gasteiger partial charge in [-0.25, -0.2) is 0 Å². The summed E-state index contributed by atoms with van der Waals surface area (Å²) in [7, 11) is 0. The zero-order chi connectivity index (χ0) is 16.3. The summed E-state index contributed by atoms with van der Waals surface area (Å²) in [5.41, 5.74) is -1.62. The summed E-state index contributed by atoms with van der Waals surface area (Å²) < 4.78 is 38.7. The molecule has 1 aliphatic heterocycles. The van der Waals surface area contributed by atoms with Gasteiger partial charge in [-0.1, -0.05) is 0 Å². The number of carbonyl (C=O) groups excluding carboxylic acids is 1. The highest BCUT2D eigenvalue weighted by Crippen LogP contribution is 2.28. The van der Waals surface area contributed by atoms with Gasteiger partial charge in [-0.05, 0) is 24.8 Å². The van der Waals surface area contributed by atoms with E-state index in [4.69, 9.17) is 5.11 Å². The molecule has 1 amide bonds. The lowest BCUT2D eigenvalue weighted by Gasteiger charge is -2.32. The van der Waals surface area contributed by atoms with Gasteiger partial charge in [0.15, 0.2) is 0 Å². The SMILES string of the molecule is O=C(Cn1cc(C(F)(F)F)ccc1=O)N1CCCC(CO)C1. The molecule has 22 heavy (non-hydrogen) atoms. The number of rotatable bonds is 3. The van der Waals surface area contributed by atoms with Crippen LogP contribution in [0.5, 0.6) is 0 Å². The van der Waals surface area contributed by atoms with E-state index in [-0.39, 0.29) is 12.5 Å². The van der Waals surface area contributed by atoms with Gasteiger partial charge in [-0.3, -0.25) is 9.59 Å². The zero-order valence-corrected chi connectivity index (χ0v) is 11.8. The molecule has 122 valence electrons. The van der Waals surface area contributed by atoms with Crippen molar-refractivity contribution in [2.75, 3.05) is 19.7 Å². The molecule has 1 aromatic rings. The van der Waals surface area contributed by atoms with Crippen LogP contribution in [0.2, 0.25) is 0 Å². The fourth-order valence-corrected chi connectivity index (χ4v) is 2.51. The molecule has 0 radical (unpaired) electrons. The predicted octanol–water partition coefficient (Wildman–Crippen LogP) is 1.10. The summed E-state index contributed by atoms with van der Waals surface area (Å²) in [4.78, 5) is 25.3. The largest absolute Gasteiger partial charge is 0.417 e. The quantitative estimate of drug-likeness (QED) is 0.908. The van der Waals surface area contributed by atoms with Gasteiger partial charge in [0.1, 0.15) is 6.54 Å². The molecule has 1 N–H and O–H groups in total. The van der Waals surface area contributed by atoms with Crippen molar-refractivity contribution in [3.05, 3.63) is 34.2 Å². The van der Waals surface area contributed by atoms with E-state index < -0.39 is 29.8 Å². The minimum atomic E-state index is -4.56. The lowest BCUT2D eigenvalue weighted by molar-refractivity contribution is -0.139. The minimum Gasteiger partial charge on any atom is -0.396 e. The summed E-state index contributed by atoms with van der Waals surface area (Å²) in [6, 6.07) is 1.51. The highest BCUT2D eigenvalue weighted by molar-refractivity contribution is 5.76. The lowest BCUT2D eigenvalue weighted by atomic mass is 9.99. The van der Waals surface area contributed by atoms with Crippen LogP contribution in [-0.2, 0) is 17.5 Å². The summed E-state index contributed by atoms with van der Waals surface area (Å²) in [5, 5.41) is 9.13. The number of aromatic nitrogens is 1. The third kappa shape index (κ3) is 3.88. The second-order valence-corrected chi connectivity index (χ2v) is 5.41. The van der Waals surface area contributed by atoms with E-state index >= 15 is 0 Å². The molecule has 2 rings (SSSR count). The average Bonchev–Trinajstić information content (AvgIpc) is 2.48. The number of aliphatic hydroxyl groups is 1. The number of pyridine rings is 1. The second-order valence-electron chi connectivity index (χ2n) is 5.41. The first-order valence-electron chi connectivity index (χ1n) is 6.97. The standard InChI is InChI=1S/C14H17F3N2O3/c15-14(16,17)11-3-4-12(21)19(7-11)8-13(22)18-5-1-2-10(6-18)9-20/h3-4,7,10,20H,1-2,5-6,8-9H2. The van der Waals surface area contributed by atoms with Gasteiger partial charge in [0.2, 0.25) is 5.91 Å². The first-order chi connectivity index (χ1) is 10.3.